The van der Waals surface area contributed by atoms with Crippen LogP contribution in [0.3, 0.4) is 0 Å². The minimum Gasteiger partial charge on any atom is -0.331 e. The molecular formula is C20H16F3N3O2. The van der Waals surface area contributed by atoms with E-state index < -0.39 is 11.7 Å². The second kappa shape index (κ2) is 7.67. The largest absolute Gasteiger partial charge is 0.416 e. The SMILES string of the molecule is Cn1ccnc1C(=O)c1ccc(NC(=O)Cc2ccc(C(F)(F)F)cc2)cc1. The summed E-state index contributed by atoms with van der Waals surface area (Å²) in [7, 11) is 1.72. The Morgan fingerprint density at radius 3 is 2.21 bits per heavy atom. The van der Waals surface area contributed by atoms with E-state index in [0.717, 1.165) is 12.1 Å². The number of nitrogens with zero attached hydrogens (tertiary/aromatic N) is 2. The predicted octanol–water partition coefficient (Wildman–Crippen LogP) is 3.85. The fourth-order valence-electron chi connectivity index (χ4n) is 2.62. The molecule has 1 aromatic heterocycles. The number of amides is 1. The number of aromatic nitrogens is 2. The topological polar surface area (TPSA) is 64.0 Å². The molecule has 0 aliphatic rings. The lowest BCUT2D eigenvalue weighted by atomic mass is 10.1. The van der Waals surface area contributed by atoms with Crippen molar-refractivity contribution in [2.45, 2.75) is 12.6 Å². The van der Waals surface area contributed by atoms with Gasteiger partial charge in [-0.2, -0.15) is 13.2 Å². The number of imidazole rings is 1. The second-order valence-electron chi connectivity index (χ2n) is 6.19. The zero-order chi connectivity index (χ0) is 20.3. The molecule has 0 unspecified atom stereocenters. The van der Waals surface area contributed by atoms with Crippen LogP contribution in [0.5, 0.6) is 0 Å². The molecule has 5 nitrogen and oxygen atoms in total. The molecular weight excluding hydrogens is 371 g/mol. The maximum Gasteiger partial charge on any atom is 0.416 e. The smallest absolute Gasteiger partial charge is 0.331 e. The monoisotopic (exact) mass is 387 g/mol. The summed E-state index contributed by atoms with van der Waals surface area (Å²) in [4.78, 5) is 28.5. The van der Waals surface area contributed by atoms with Crippen LogP contribution in [0.4, 0.5) is 18.9 Å². The molecule has 0 aliphatic heterocycles. The third kappa shape index (κ3) is 4.46. The van der Waals surface area contributed by atoms with Crippen molar-refractivity contribution < 1.29 is 22.8 Å². The van der Waals surface area contributed by atoms with Gasteiger partial charge in [0.1, 0.15) is 0 Å². The molecule has 0 aliphatic carbocycles. The van der Waals surface area contributed by atoms with Gasteiger partial charge >= 0.3 is 6.18 Å². The number of aryl methyl sites for hydroxylation is 1. The van der Waals surface area contributed by atoms with Crippen LogP contribution < -0.4 is 5.32 Å². The van der Waals surface area contributed by atoms with Gasteiger partial charge < -0.3 is 9.88 Å². The minimum absolute atomic E-state index is 0.0634. The van der Waals surface area contributed by atoms with Gasteiger partial charge in [-0.15, -0.1) is 0 Å². The van der Waals surface area contributed by atoms with Gasteiger partial charge in [0.15, 0.2) is 5.82 Å². The molecule has 0 atom stereocenters. The molecule has 1 amide bonds. The first-order valence-corrected chi connectivity index (χ1v) is 8.32. The highest BCUT2D eigenvalue weighted by molar-refractivity contribution is 6.07. The summed E-state index contributed by atoms with van der Waals surface area (Å²) in [6, 6.07) is 10.8. The van der Waals surface area contributed by atoms with Crippen molar-refractivity contribution >= 4 is 17.4 Å². The molecule has 28 heavy (non-hydrogen) atoms. The number of ketones is 1. The highest BCUT2D eigenvalue weighted by Gasteiger charge is 2.29. The first-order valence-electron chi connectivity index (χ1n) is 8.32. The number of hydrogen-bond acceptors (Lipinski definition) is 3. The van der Waals surface area contributed by atoms with Crippen LogP contribution in [-0.2, 0) is 24.4 Å². The average molecular weight is 387 g/mol. The van der Waals surface area contributed by atoms with Crippen LogP contribution in [-0.4, -0.2) is 21.2 Å². The van der Waals surface area contributed by atoms with Crippen LogP contribution in [0.15, 0.2) is 60.9 Å². The van der Waals surface area contributed by atoms with E-state index >= 15 is 0 Å². The third-order valence-electron chi connectivity index (χ3n) is 4.10. The fourth-order valence-corrected chi connectivity index (χ4v) is 2.62. The molecule has 0 saturated carbocycles. The van der Waals surface area contributed by atoms with Crippen molar-refractivity contribution in [2.24, 2.45) is 7.05 Å². The van der Waals surface area contributed by atoms with Crippen molar-refractivity contribution in [1.82, 2.24) is 9.55 Å². The van der Waals surface area contributed by atoms with Crippen molar-refractivity contribution in [2.75, 3.05) is 5.32 Å². The van der Waals surface area contributed by atoms with Gasteiger partial charge in [0.2, 0.25) is 11.7 Å². The summed E-state index contributed by atoms with van der Waals surface area (Å²) in [6.07, 6.45) is -1.27. The lowest BCUT2D eigenvalue weighted by Gasteiger charge is -2.09. The number of hydrogen-bond donors (Lipinski definition) is 1. The van der Waals surface area contributed by atoms with Gasteiger partial charge in [-0.3, -0.25) is 9.59 Å². The molecule has 3 aromatic rings. The van der Waals surface area contributed by atoms with E-state index in [1.807, 2.05) is 0 Å². The first-order chi connectivity index (χ1) is 13.2. The summed E-state index contributed by atoms with van der Waals surface area (Å²) >= 11 is 0. The van der Waals surface area contributed by atoms with Gasteiger partial charge in [0.05, 0.1) is 12.0 Å². The number of alkyl halides is 3. The van der Waals surface area contributed by atoms with Crippen LogP contribution in [0.25, 0.3) is 0 Å². The molecule has 144 valence electrons. The Labute approximate surface area is 158 Å². The molecule has 1 N–H and O–H groups in total. The van der Waals surface area contributed by atoms with E-state index in [1.54, 1.807) is 42.1 Å². The number of nitrogens with one attached hydrogen (secondary N) is 1. The van der Waals surface area contributed by atoms with E-state index in [2.05, 4.69) is 10.3 Å². The van der Waals surface area contributed by atoms with Crippen molar-refractivity contribution in [3.05, 3.63) is 83.4 Å². The fraction of sp³-hybridized carbons (Fsp3) is 0.150. The molecule has 0 radical (unpaired) electrons. The van der Waals surface area contributed by atoms with Crippen LogP contribution in [0.2, 0.25) is 0 Å². The van der Waals surface area contributed by atoms with Crippen molar-refractivity contribution in [3.8, 4) is 0 Å². The van der Waals surface area contributed by atoms with E-state index in [1.165, 1.54) is 18.3 Å². The molecule has 8 heteroatoms. The lowest BCUT2D eigenvalue weighted by molar-refractivity contribution is -0.137. The minimum atomic E-state index is -4.41. The number of halogens is 3. The third-order valence-corrected chi connectivity index (χ3v) is 4.10. The maximum absolute atomic E-state index is 12.6. The molecule has 0 spiro atoms. The van der Waals surface area contributed by atoms with Gasteiger partial charge in [0, 0.05) is 30.7 Å². The highest BCUT2D eigenvalue weighted by Crippen LogP contribution is 2.29. The summed E-state index contributed by atoms with van der Waals surface area (Å²) < 4.78 is 39.3. The summed E-state index contributed by atoms with van der Waals surface area (Å²) in [6.45, 7) is 0. The van der Waals surface area contributed by atoms with E-state index in [4.69, 9.17) is 0 Å². The van der Waals surface area contributed by atoms with E-state index in [9.17, 15) is 22.8 Å². The number of anilines is 1. The lowest BCUT2D eigenvalue weighted by Crippen LogP contribution is -2.15. The van der Waals surface area contributed by atoms with Crippen LogP contribution >= 0.6 is 0 Å². The van der Waals surface area contributed by atoms with Gasteiger partial charge in [-0.05, 0) is 42.0 Å². The first kappa shape index (κ1) is 19.3. The van der Waals surface area contributed by atoms with Crippen molar-refractivity contribution in [3.63, 3.8) is 0 Å². The number of carbonyl (C=O) groups excluding carboxylic acids is 2. The summed E-state index contributed by atoms with van der Waals surface area (Å²) in [5.74, 6) is -0.308. The molecule has 3 rings (SSSR count). The Morgan fingerprint density at radius 2 is 1.68 bits per heavy atom. The van der Waals surface area contributed by atoms with Crippen LogP contribution in [0, 0.1) is 0 Å². The average Bonchev–Trinajstić information content (AvgIpc) is 3.07. The normalized spacial score (nSPS) is 11.3. The Balaban J connectivity index is 1.61. The molecule has 0 bridgehead atoms. The Kier molecular flexibility index (Phi) is 5.30. The molecule has 0 saturated heterocycles. The number of benzene rings is 2. The number of carbonyl (C=O) groups is 2. The summed E-state index contributed by atoms with van der Waals surface area (Å²) in [5.41, 5.74) is 0.611. The molecule has 1 heterocycles. The molecule has 2 aromatic carbocycles. The van der Waals surface area contributed by atoms with E-state index in [-0.39, 0.29) is 18.1 Å². The van der Waals surface area contributed by atoms with Gasteiger partial charge in [-0.25, -0.2) is 4.98 Å². The van der Waals surface area contributed by atoms with Crippen LogP contribution in [0.1, 0.15) is 27.3 Å². The maximum atomic E-state index is 12.6. The Bertz CT molecular complexity index is 991. The summed E-state index contributed by atoms with van der Waals surface area (Å²) in [5, 5.41) is 2.65. The second-order valence-corrected chi connectivity index (χ2v) is 6.19. The zero-order valence-electron chi connectivity index (χ0n) is 14.8. The van der Waals surface area contributed by atoms with Gasteiger partial charge in [-0.1, -0.05) is 12.1 Å². The quantitative estimate of drug-likeness (QED) is 0.677. The zero-order valence-corrected chi connectivity index (χ0v) is 14.8. The Morgan fingerprint density at radius 1 is 1.04 bits per heavy atom. The van der Waals surface area contributed by atoms with Crippen molar-refractivity contribution in [1.29, 1.82) is 0 Å². The molecule has 0 fully saturated rings. The number of rotatable bonds is 5. The predicted molar refractivity (Wildman–Crippen MR) is 96.9 cm³/mol. The highest BCUT2D eigenvalue weighted by atomic mass is 19.4. The van der Waals surface area contributed by atoms with E-state index in [0.29, 0.717) is 22.6 Å². The standard InChI is InChI=1S/C20H16F3N3O2/c1-26-11-10-24-19(26)18(28)14-4-8-16(9-5-14)25-17(27)12-13-2-6-15(7-3-13)20(21,22)23/h2-11H,12H2,1H3,(H,25,27). The Hall–Kier alpha value is -3.42. The van der Waals surface area contributed by atoms with Gasteiger partial charge in [0.25, 0.3) is 0 Å².